The predicted molar refractivity (Wildman–Crippen MR) is 20.7 cm³/mol. The van der Waals surface area contributed by atoms with Gasteiger partial charge in [-0.1, -0.05) is 0 Å². The van der Waals surface area contributed by atoms with Crippen LogP contribution in [0.2, 0.25) is 0 Å². The molecule has 0 amide bonds. The minimum atomic E-state index is -2.70. The van der Waals surface area contributed by atoms with E-state index < -0.39 is 17.3 Å². The molecule has 1 atom stereocenters. The molecule has 8 heteroatoms. The summed E-state index contributed by atoms with van der Waals surface area (Å²) in [6.45, 7) is 1.01. The number of hydrogen-bond donors (Lipinski definition) is 0. The maximum atomic E-state index is 9.64. The molecule has 0 saturated heterocycles. The number of halogens is 1. The van der Waals surface area contributed by atoms with Gasteiger partial charge in [0.15, 0.2) is 0 Å². The van der Waals surface area contributed by atoms with Gasteiger partial charge in [-0.2, -0.15) is 0 Å². The summed E-state index contributed by atoms with van der Waals surface area (Å²) in [6, 6.07) is 0. The second-order valence-electron chi connectivity index (χ2n) is 0.779. The zero-order valence-corrected chi connectivity index (χ0v) is 11.5. The fourth-order valence-electron chi connectivity index (χ4n) is 0.0958. The van der Waals surface area contributed by atoms with Gasteiger partial charge in [-0.3, -0.25) is 4.79 Å². The van der Waals surface area contributed by atoms with E-state index in [-0.39, 0.29) is 71.5 Å². The number of carbonyl (C=O) groups excluding carboxylic acids is 1. The molecule has 0 aromatic heterocycles. The number of carbonyl (C=O) groups is 1. The summed E-state index contributed by atoms with van der Waals surface area (Å²) in [4.78, 5) is 9.64. The zero-order chi connectivity index (χ0) is 5.86. The zero-order valence-electron chi connectivity index (χ0n) is 5.92. The van der Waals surface area contributed by atoms with Gasteiger partial charge in [-0.15, -0.1) is 0 Å². The Hall–Kier alpha value is 1.87. The Labute approximate surface area is 112 Å². The van der Waals surface area contributed by atoms with Crippen LogP contribution in [0.15, 0.2) is 0 Å². The molecule has 0 aromatic carbocycles. The average Bonchev–Trinajstić information content (AvgIpc) is 1.27. The van der Waals surface area contributed by atoms with E-state index in [0.717, 1.165) is 6.92 Å². The number of hydrogen-bond acceptors (Lipinski definition) is 4. The van der Waals surface area contributed by atoms with Crippen LogP contribution in [-0.4, -0.2) is 14.7 Å². The monoisotopic (exact) mass is 204 g/mol. The molecule has 0 bridgehead atoms. The average molecular weight is 205 g/mol. The van der Waals surface area contributed by atoms with E-state index in [2.05, 4.69) is 4.18 Å². The van der Waals surface area contributed by atoms with Gasteiger partial charge in [-0.25, -0.2) is 4.21 Å². The van der Waals surface area contributed by atoms with E-state index in [1.807, 2.05) is 0 Å². The van der Waals surface area contributed by atoms with Gasteiger partial charge in [0.1, 0.15) is 11.4 Å². The van der Waals surface area contributed by atoms with Gasteiger partial charge in [0.2, 0.25) is 0 Å². The van der Waals surface area contributed by atoms with Crippen molar-refractivity contribution in [3.63, 3.8) is 0 Å². The molecule has 0 radical (unpaired) electrons. The van der Waals surface area contributed by atoms with Crippen LogP contribution < -0.4 is 71.5 Å². The molecule has 0 fully saturated rings. The van der Waals surface area contributed by atoms with Crippen LogP contribution >= 0.6 is 0 Å². The first-order valence-corrected chi connectivity index (χ1v) is 2.41. The summed E-state index contributed by atoms with van der Waals surface area (Å²) in [5.41, 5.74) is 0. The van der Waals surface area contributed by atoms with Crippen molar-refractivity contribution in [3.8, 4) is 0 Å². The van der Waals surface area contributed by atoms with Crippen molar-refractivity contribution >= 4 is 17.3 Å². The molecule has 10 heavy (non-hydrogen) atoms. The fraction of sp³-hybridized carbons (Fsp3) is 0.500. The van der Waals surface area contributed by atoms with Crippen molar-refractivity contribution in [2.24, 2.45) is 0 Å². The van der Waals surface area contributed by atoms with Crippen molar-refractivity contribution in [2.75, 3.05) is 0 Å². The van der Waals surface area contributed by atoms with Gasteiger partial charge < -0.3 is 21.1 Å². The van der Waals surface area contributed by atoms with Crippen LogP contribution in [0.3, 0.4) is 0 Å². The van der Waals surface area contributed by atoms with E-state index in [4.69, 9.17) is 0 Å². The van der Waals surface area contributed by atoms with E-state index in [1.54, 1.807) is 0 Å². The standard InChI is InChI=1S/C2H4O4S.ClH.2Na/c1-2(3)6-7(4)5;;;/h1H3,(H,4,5);1H;;/q;;2*+1/p-2. The Morgan fingerprint density at radius 1 is 1.50 bits per heavy atom. The van der Waals surface area contributed by atoms with Gasteiger partial charge in [0, 0.05) is 6.92 Å². The molecule has 1 unspecified atom stereocenters. The molecule has 0 aromatic rings. The maximum Gasteiger partial charge on any atom is 1.00 e. The minimum absolute atomic E-state index is 0. The van der Waals surface area contributed by atoms with Crippen LogP contribution in [0.25, 0.3) is 0 Å². The maximum absolute atomic E-state index is 9.64. The summed E-state index contributed by atoms with van der Waals surface area (Å²) < 4.78 is 22.3. The Kier molecular flexibility index (Phi) is 30.5. The van der Waals surface area contributed by atoms with Crippen LogP contribution in [0.1, 0.15) is 6.92 Å². The third-order valence-corrected chi connectivity index (χ3v) is 0.556. The Bertz CT molecular complexity index is 97.4. The second kappa shape index (κ2) is 13.5. The normalized spacial score (nSPS) is 9.00. The van der Waals surface area contributed by atoms with Crippen LogP contribution in [-0.2, 0) is 20.3 Å². The second-order valence-corrected chi connectivity index (χ2v) is 1.35. The third kappa shape index (κ3) is 22.5. The molecule has 0 heterocycles. The van der Waals surface area contributed by atoms with Crippen LogP contribution in [0.5, 0.6) is 0 Å². The van der Waals surface area contributed by atoms with Crippen LogP contribution in [0.4, 0.5) is 0 Å². The van der Waals surface area contributed by atoms with Gasteiger partial charge in [0.25, 0.3) is 0 Å². The molecule has 0 aliphatic carbocycles. The Morgan fingerprint density at radius 2 is 1.80 bits per heavy atom. The molecule has 0 aliphatic heterocycles. The summed E-state index contributed by atoms with van der Waals surface area (Å²) >= 11 is -2.70. The first-order chi connectivity index (χ1) is 3.13. The van der Waals surface area contributed by atoms with Crippen molar-refractivity contribution in [2.45, 2.75) is 6.92 Å². The first kappa shape index (κ1) is 22.6. The van der Waals surface area contributed by atoms with Crippen LogP contribution in [0, 0.1) is 0 Å². The minimum Gasteiger partial charge on any atom is -1.00 e. The summed E-state index contributed by atoms with van der Waals surface area (Å²) in [7, 11) is 0. The van der Waals surface area contributed by atoms with Crippen molar-refractivity contribution < 1.29 is 89.3 Å². The third-order valence-electron chi connectivity index (χ3n) is 0.185. The Morgan fingerprint density at radius 3 is 1.80 bits per heavy atom. The molecular weight excluding hydrogens is 202 g/mol. The fourth-order valence-corrected chi connectivity index (χ4v) is 0.287. The van der Waals surface area contributed by atoms with Gasteiger partial charge >= 0.3 is 65.1 Å². The van der Waals surface area contributed by atoms with E-state index in [9.17, 15) is 13.6 Å². The molecule has 0 saturated carbocycles. The summed E-state index contributed by atoms with van der Waals surface area (Å²) in [5, 5.41) is 0. The predicted octanol–water partition coefficient (Wildman–Crippen LogP) is -9.64. The topological polar surface area (TPSA) is 66.4 Å². The Balaban J connectivity index is -0.0000000600. The molecule has 0 aliphatic rings. The van der Waals surface area contributed by atoms with Crippen molar-refractivity contribution in [3.05, 3.63) is 0 Å². The molecule has 0 N–H and O–H groups in total. The van der Waals surface area contributed by atoms with E-state index in [0.29, 0.717) is 0 Å². The van der Waals surface area contributed by atoms with Crippen molar-refractivity contribution in [1.82, 2.24) is 0 Å². The summed E-state index contributed by atoms with van der Waals surface area (Å²) in [6.07, 6.45) is 0. The largest absolute Gasteiger partial charge is 1.00 e. The van der Waals surface area contributed by atoms with Gasteiger partial charge in [-0.05, 0) is 0 Å². The molecule has 4 nitrogen and oxygen atoms in total. The molecule has 50 valence electrons. The smallest absolute Gasteiger partial charge is 1.00 e. The quantitative estimate of drug-likeness (QED) is 0.314. The SMILES string of the molecule is CC(=O)OS(=O)[O-].[Cl-].[Na+].[Na+]. The van der Waals surface area contributed by atoms with Gasteiger partial charge in [0.05, 0.1) is 0 Å². The van der Waals surface area contributed by atoms with Crippen molar-refractivity contribution in [1.29, 1.82) is 0 Å². The first-order valence-electron chi connectivity index (χ1n) is 1.41. The molecule has 0 rings (SSSR count). The number of rotatable bonds is 1. The van der Waals surface area contributed by atoms with E-state index in [1.165, 1.54) is 0 Å². The molecule has 0 spiro atoms. The summed E-state index contributed by atoms with van der Waals surface area (Å²) in [5.74, 6) is -0.826. The van der Waals surface area contributed by atoms with E-state index >= 15 is 0 Å². The molecular formula is C2H3ClNa2O4S.